The normalized spacial score (nSPS) is 21.2. The number of hydrogen-bond donors (Lipinski definition) is 1. The molecule has 0 amide bonds. The van der Waals surface area contributed by atoms with Crippen molar-refractivity contribution in [1.29, 1.82) is 5.26 Å². The SMILES string of the molecule is N#CC1CCN(Cc2ccccc2OC[C@H](O)CN2CCSCC2)CC1. The van der Waals surface area contributed by atoms with Crippen LogP contribution in [-0.4, -0.2) is 71.8 Å². The fourth-order valence-corrected chi connectivity index (χ4v) is 4.54. The Balaban J connectivity index is 1.48. The molecule has 1 N–H and O–H groups in total. The predicted octanol–water partition coefficient (Wildman–Crippen LogP) is 2.21. The molecule has 1 aromatic rings. The van der Waals surface area contributed by atoms with Crippen molar-refractivity contribution in [3.63, 3.8) is 0 Å². The molecule has 3 rings (SSSR count). The number of nitriles is 1. The first kappa shape index (κ1) is 19.5. The molecule has 5 nitrogen and oxygen atoms in total. The number of ether oxygens (including phenoxy) is 1. The summed E-state index contributed by atoms with van der Waals surface area (Å²) < 4.78 is 5.96. The monoisotopic (exact) mass is 375 g/mol. The van der Waals surface area contributed by atoms with Crippen molar-refractivity contribution in [3.8, 4) is 11.8 Å². The van der Waals surface area contributed by atoms with Crippen LogP contribution in [0.5, 0.6) is 5.75 Å². The standard InChI is InChI=1S/C20H29N3O2S/c21-13-17-5-7-22(8-6-17)14-18-3-1-2-4-20(18)25-16-19(24)15-23-9-11-26-12-10-23/h1-4,17,19,24H,5-12,14-16H2/t19-/m1/s1. The van der Waals surface area contributed by atoms with Gasteiger partial charge in [-0.2, -0.15) is 17.0 Å². The summed E-state index contributed by atoms with van der Waals surface area (Å²) in [6, 6.07) is 10.5. The van der Waals surface area contributed by atoms with Crippen LogP contribution < -0.4 is 4.74 Å². The number of hydrogen-bond acceptors (Lipinski definition) is 6. The number of β-amino-alcohol motifs (C(OH)–C–C–N with tert-alkyl or cyclic N) is 1. The zero-order valence-corrected chi connectivity index (χ0v) is 16.2. The number of aliphatic hydroxyl groups is 1. The Bertz CT molecular complexity index is 593. The van der Waals surface area contributed by atoms with Crippen molar-refractivity contribution in [1.82, 2.24) is 9.80 Å². The first-order valence-corrected chi connectivity index (χ1v) is 10.7. The molecule has 2 aliphatic rings. The second-order valence-corrected chi connectivity index (χ2v) is 8.39. The molecule has 2 saturated heterocycles. The maximum atomic E-state index is 10.3. The van der Waals surface area contributed by atoms with Crippen LogP contribution in [-0.2, 0) is 6.54 Å². The van der Waals surface area contributed by atoms with E-state index in [9.17, 15) is 5.11 Å². The average molecular weight is 376 g/mol. The van der Waals surface area contributed by atoms with Crippen LogP contribution in [0.4, 0.5) is 0 Å². The van der Waals surface area contributed by atoms with Gasteiger partial charge in [-0.3, -0.25) is 9.80 Å². The highest BCUT2D eigenvalue weighted by atomic mass is 32.2. The molecule has 26 heavy (non-hydrogen) atoms. The van der Waals surface area contributed by atoms with E-state index < -0.39 is 6.10 Å². The third-order valence-electron chi connectivity index (χ3n) is 5.14. The molecule has 0 aliphatic carbocycles. The summed E-state index contributed by atoms with van der Waals surface area (Å²) in [7, 11) is 0. The molecule has 2 fully saturated rings. The van der Waals surface area contributed by atoms with Gasteiger partial charge in [0.15, 0.2) is 0 Å². The lowest BCUT2D eigenvalue weighted by Gasteiger charge is -2.30. The Morgan fingerprint density at radius 2 is 1.88 bits per heavy atom. The van der Waals surface area contributed by atoms with Crippen molar-refractivity contribution in [2.24, 2.45) is 5.92 Å². The van der Waals surface area contributed by atoms with Crippen molar-refractivity contribution >= 4 is 11.8 Å². The molecule has 1 aromatic carbocycles. The summed E-state index contributed by atoms with van der Waals surface area (Å²) >= 11 is 1.98. The van der Waals surface area contributed by atoms with Gasteiger partial charge in [0.25, 0.3) is 0 Å². The molecule has 0 bridgehead atoms. The van der Waals surface area contributed by atoms with Gasteiger partial charge < -0.3 is 9.84 Å². The molecule has 0 radical (unpaired) electrons. The largest absolute Gasteiger partial charge is 0.491 e. The Labute approximate surface area is 160 Å². The number of para-hydroxylation sites is 1. The quantitative estimate of drug-likeness (QED) is 0.789. The molecule has 2 heterocycles. The van der Waals surface area contributed by atoms with Crippen molar-refractivity contribution in [2.75, 3.05) is 50.8 Å². The third kappa shape index (κ3) is 5.88. The van der Waals surface area contributed by atoms with Gasteiger partial charge in [-0.15, -0.1) is 0 Å². The Morgan fingerprint density at radius 3 is 2.62 bits per heavy atom. The van der Waals surface area contributed by atoms with Gasteiger partial charge in [-0.1, -0.05) is 18.2 Å². The summed E-state index contributed by atoms with van der Waals surface area (Å²) in [4.78, 5) is 4.70. The van der Waals surface area contributed by atoms with Crippen LogP contribution in [0.25, 0.3) is 0 Å². The zero-order chi connectivity index (χ0) is 18.2. The Hall–Kier alpha value is -1.26. The van der Waals surface area contributed by atoms with E-state index in [-0.39, 0.29) is 5.92 Å². The maximum Gasteiger partial charge on any atom is 0.123 e. The van der Waals surface area contributed by atoms with Gasteiger partial charge >= 0.3 is 0 Å². The van der Waals surface area contributed by atoms with E-state index in [0.29, 0.717) is 13.2 Å². The first-order chi connectivity index (χ1) is 12.7. The summed E-state index contributed by atoms with van der Waals surface area (Å²) in [6.45, 7) is 5.88. The lowest BCUT2D eigenvalue weighted by Crippen LogP contribution is -2.40. The highest BCUT2D eigenvalue weighted by Gasteiger charge is 2.20. The number of benzene rings is 1. The molecule has 0 saturated carbocycles. The summed E-state index contributed by atoms with van der Waals surface area (Å²) in [6.07, 6.45) is 1.44. The minimum Gasteiger partial charge on any atom is -0.491 e. The van der Waals surface area contributed by atoms with Gasteiger partial charge in [0.1, 0.15) is 18.5 Å². The predicted molar refractivity (Wildman–Crippen MR) is 105 cm³/mol. The van der Waals surface area contributed by atoms with Gasteiger partial charge in [-0.05, 0) is 32.0 Å². The molecular weight excluding hydrogens is 346 g/mol. The minimum atomic E-state index is -0.461. The van der Waals surface area contributed by atoms with E-state index in [0.717, 1.165) is 68.4 Å². The Kier molecular flexibility index (Phi) is 7.63. The molecule has 0 aromatic heterocycles. The fourth-order valence-electron chi connectivity index (χ4n) is 3.56. The summed E-state index contributed by atoms with van der Waals surface area (Å²) in [5, 5.41) is 19.4. The van der Waals surface area contributed by atoms with E-state index >= 15 is 0 Å². The molecule has 1 atom stereocenters. The van der Waals surface area contributed by atoms with E-state index in [1.165, 1.54) is 0 Å². The van der Waals surface area contributed by atoms with Crippen LogP contribution in [0.2, 0.25) is 0 Å². The molecular formula is C20H29N3O2S. The smallest absolute Gasteiger partial charge is 0.123 e. The highest BCUT2D eigenvalue weighted by Crippen LogP contribution is 2.23. The lowest BCUT2D eigenvalue weighted by atomic mass is 9.98. The third-order valence-corrected chi connectivity index (χ3v) is 6.08. The Morgan fingerprint density at radius 1 is 1.15 bits per heavy atom. The van der Waals surface area contributed by atoms with E-state index in [2.05, 4.69) is 21.9 Å². The highest BCUT2D eigenvalue weighted by molar-refractivity contribution is 7.99. The summed E-state index contributed by atoms with van der Waals surface area (Å²) in [5.41, 5.74) is 1.16. The molecule has 142 valence electrons. The van der Waals surface area contributed by atoms with E-state index in [4.69, 9.17) is 10.00 Å². The topological polar surface area (TPSA) is 59.7 Å². The van der Waals surface area contributed by atoms with Crippen molar-refractivity contribution in [2.45, 2.75) is 25.5 Å². The van der Waals surface area contributed by atoms with Gasteiger partial charge in [0.2, 0.25) is 0 Å². The van der Waals surface area contributed by atoms with Gasteiger partial charge in [0.05, 0.1) is 6.07 Å². The molecule has 2 aliphatic heterocycles. The second-order valence-electron chi connectivity index (χ2n) is 7.17. The van der Waals surface area contributed by atoms with E-state index in [1.807, 2.05) is 30.0 Å². The fraction of sp³-hybridized carbons (Fsp3) is 0.650. The molecule has 0 unspecified atom stereocenters. The first-order valence-electron chi connectivity index (χ1n) is 9.55. The van der Waals surface area contributed by atoms with Crippen LogP contribution in [0.1, 0.15) is 18.4 Å². The van der Waals surface area contributed by atoms with Gasteiger partial charge in [-0.25, -0.2) is 0 Å². The average Bonchev–Trinajstić information content (AvgIpc) is 2.69. The molecule has 6 heteroatoms. The van der Waals surface area contributed by atoms with Crippen LogP contribution in [0.3, 0.4) is 0 Å². The van der Waals surface area contributed by atoms with Crippen LogP contribution in [0.15, 0.2) is 24.3 Å². The van der Waals surface area contributed by atoms with Crippen LogP contribution >= 0.6 is 11.8 Å². The van der Waals surface area contributed by atoms with Crippen molar-refractivity contribution < 1.29 is 9.84 Å². The van der Waals surface area contributed by atoms with Gasteiger partial charge in [0, 0.05) is 49.2 Å². The summed E-state index contributed by atoms with van der Waals surface area (Å²) in [5.74, 6) is 3.38. The zero-order valence-electron chi connectivity index (χ0n) is 15.3. The number of nitrogens with zero attached hydrogens (tertiary/aromatic N) is 3. The maximum absolute atomic E-state index is 10.3. The number of aliphatic hydroxyl groups excluding tert-OH is 1. The number of rotatable bonds is 7. The molecule has 0 spiro atoms. The second kappa shape index (κ2) is 10.2. The van der Waals surface area contributed by atoms with Crippen LogP contribution in [0, 0.1) is 17.2 Å². The lowest BCUT2D eigenvalue weighted by molar-refractivity contribution is 0.0707. The van der Waals surface area contributed by atoms with E-state index in [1.54, 1.807) is 0 Å². The number of thioether (sulfide) groups is 1. The minimum absolute atomic E-state index is 0.209. The number of piperidine rings is 1. The number of likely N-dealkylation sites (tertiary alicyclic amines) is 1. The van der Waals surface area contributed by atoms with Crippen molar-refractivity contribution in [3.05, 3.63) is 29.8 Å².